The molecule has 2 heterocycles. The number of aromatic nitrogens is 2. The van der Waals surface area contributed by atoms with E-state index in [0.717, 1.165) is 28.0 Å². The smallest absolute Gasteiger partial charge is 0.318 e. The minimum absolute atomic E-state index is 0.0540. The zero-order valence-corrected chi connectivity index (χ0v) is 15.2. The normalized spacial score (nSPS) is 12.4. The summed E-state index contributed by atoms with van der Waals surface area (Å²) in [5.74, 6) is 2.11. The lowest BCUT2D eigenvalue weighted by Crippen LogP contribution is -2.07. The average Bonchev–Trinajstić information content (AvgIpc) is 3.14. The molecular formula is C19H18ClN3O4. The lowest BCUT2D eigenvalue weighted by molar-refractivity contribution is 0.174. The molecule has 0 bridgehead atoms. The number of ether oxygens (including phenoxy) is 3. The predicted molar refractivity (Wildman–Crippen MR) is 102 cm³/mol. The standard InChI is InChI=1S/C19H18ClN3O4/c20-13-3-4-15-14(9-13)18(23-19(22-15)25-7-1-6-24)21-10-12-2-5-16-17(8-12)27-11-26-16/h2-5,8-9,24H,1,6-7,10-11H2,(H,21,22,23). The largest absolute Gasteiger partial charge is 0.463 e. The van der Waals surface area contributed by atoms with Gasteiger partial charge in [-0.3, -0.25) is 0 Å². The summed E-state index contributed by atoms with van der Waals surface area (Å²) in [6.07, 6.45) is 0.516. The third kappa shape index (κ3) is 3.99. The van der Waals surface area contributed by atoms with Gasteiger partial charge in [-0.15, -0.1) is 0 Å². The van der Waals surface area contributed by atoms with E-state index in [1.54, 1.807) is 6.07 Å². The summed E-state index contributed by atoms with van der Waals surface area (Å²) in [7, 11) is 0. The van der Waals surface area contributed by atoms with E-state index >= 15 is 0 Å². The highest BCUT2D eigenvalue weighted by Gasteiger charge is 2.14. The molecule has 1 aromatic heterocycles. The predicted octanol–water partition coefficient (Wildman–Crippen LogP) is 3.39. The number of anilines is 1. The van der Waals surface area contributed by atoms with Crippen LogP contribution in [-0.2, 0) is 6.54 Å². The summed E-state index contributed by atoms with van der Waals surface area (Å²) in [5.41, 5.74) is 1.75. The third-order valence-corrected chi connectivity index (χ3v) is 4.30. The second-order valence-corrected chi connectivity index (χ2v) is 6.42. The molecular weight excluding hydrogens is 370 g/mol. The Morgan fingerprint density at radius 3 is 2.89 bits per heavy atom. The zero-order chi connectivity index (χ0) is 18.6. The number of fused-ring (bicyclic) bond motifs is 2. The number of benzene rings is 2. The topological polar surface area (TPSA) is 85.7 Å². The van der Waals surface area contributed by atoms with Crippen molar-refractivity contribution in [2.45, 2.75) is 13.0 Å². The summed E-state index contributed by atoms with van der Waals surface area (Å²) >= 11 is 6.14. The van der Waals surface area contributed by atoms with Crippen molar-refractivity contribution in [3.63, 3.8) is 0 Å². The van der Waals surface area contributed by atoms with Crippen LogP contribution in [0.2, 0.25) is 5.02 Å². The van der Waals surface area contributed by atoms with Crippen molar-refractivity contribution in [3.8, 4) is 17.5 Å². The van der Waals surface area contributed by atoms with E-state index in [1.165, 1.54) is 0 Å². The van der Waals surface area contributed by atoms with Gasteiger partial charge in [0, 0.05) is 30.0 Å². The van der Waals surface area contributed by atoms with Crippen molar-refractivity contribution in [2.75, 3.05) is 25.3 Å². The molecule has 0 atom stereocenters. The van der Waals surface area contributed by atoms with Crippen LogP contribution in [0, 0.1) is 0 Å². The quantitative estimate of drug-likeness (QED) is 0.601. The Morgan fingerprint density at radius 1 is 1.11 bits per heavy atom. The highest BCUT2D eigenvalue weighted by Crippen LogP contribution is 2.33. The Labute approximate surface area is 160 Å². The number of nitrogens with one attached hydrogen (secondary N) is 1. The molecule has 0 saturated heterocycles. The number of hydrogen-bond donors (Lipinski definition) is 2. The van der Waals surface area contributed by atoms with E-state index in [-0.39, 0.29) is 19.4 Å². The first-order valence-electron chi connectivity index (χ1n) is 8.56. The van der Waals surface area contributed by atoms with Gasteiger partial charge in [0.1, 0.15) is 5.82 Å². The minimum atomic E-state index is 0.0540. The van der Waals surface area contributed by atoms with Gasteiger partial charge in [-0.05, 0) is 35.9 Å². The van der Waals surface area contributed by atoms with Gasteiger partial charge in [-0.1, -0.05) is 17.7 Å². The first-order chi connectivity index (χ1) is 13.2. The Balaban J connectivity index is 1.59. The van der Waals surface area contributed by atoms with Gasteiger partial charge in [0.25, 0.3) is 0 Å². The number of nitrogens with zero attached hydrogens (tertiary/aromatic N) is 2. The Morgan fingerprint density at radius 2 is 2.00 bits per heavy atom. The Hall–Kier alpha value is -2.77. The highest BCUT2D eigenvalue weighted by molar-refractivity contribution is 6.31. The number of hydrogen-bond acceptors (Lipinski definition) is 7. The summed E-state index contributed by atoms with van der Waals surface area (Å²) in [6, 6.07) is 11.5. The maximum Gasteiger partial charge on any atom is 0.318 e. The third-order valence-electron chi connectivity index (χ3n) is 4.07. The van der Waals surface area contributed by atoms with Gasteiger partial charge < -0.3 is 24.6 Å². The number of rotatable bonds is 7. The van der Waals surface area contributed by atoms with Crippen LogP contribution < -0.4 is 19.5 Å². The van der Waals surface area contributed by atoms with Crippen LogP contribution in [0.15, 0.2) is 36.4 Å². The fourth-order valence-electron chi connectivity index (χ4n) is 2.74. The fraction of sp³-hybridized carbons (Fsp3) is 0.263. The molecule has 0 saturated carbocycles. The number of halogens is 1. The molecule has 7 nitrogen and oxygen atoms in total. The summed E-state index contributed by atoms with van der Waals surface area (Å²) in [4.78, 5) is 8.86. The van der Waals surface area contributed by atoms with Crippen LogP contribution in [-0.4, -0.2) is 35.1 Å². The van der Waals surface area contributed by atoms with Crippen molar-refractivity contribution in [3.05, 3.63) is 47.0 Å². The zero-order valence-electron chi connectivity index (χ0n) is 14.4. The monoisotopic (exact) mass is 387 g/mol. The first-order valence-corrected chi connectivity index (χ1v) is 8.94. The Kier molecular flexibility index (Phi) is 5.13. The molecule has 2 aromatic carbocycles. The molecule has 1 aliphatic heterocycles. The molecule has 0 aliphatic carbocycles. The van der Waals surface area contributed by atoms with Crippen molar-refractivity contribution >= 4 is 28.3 Å². The van der Waals surface area contributed by atoms with E-state index < -0.39 is 0 Å². The minimum Gasteiger partial charge on any atom is -0.463 e. The molecule has 8 heteroatoms. The van der Waals surface area contributed by atoms with Crippen LogP contribution in [0.5, 0.6) is 17.5 Å². The molecule has 0 amide bonds. The summed E-state index contributed by atoms with van der Waals surface area (Å²) in [6.45, 7) is 1.18. The molecule has 3 aromatic rings. The van der Waals surface area contributed by atoms with Crippen LogP contribution in [0.3, 0.4) is 0 Å². The van der Waals surface area contributed by atoms with Crippen LogP contribution in [0.1, 0.15) is 12.0 Å². The lowest BCUT2D eigenvalue weighted by Gasteiger charge is -2.12. The number of aliphatic hydroxyl groups is 1. The molecule has 4 rings (SSSR count). The van der Waals surface area contributed by atoms with Crippen molar-refractivity contribution in [1.82, 2.24) is 9.97 Å². The SMILES string of the molecule is OCCCOc1nc(NCc2ccc3c(c2)OCO3)c2cc(Cl)ccc2n1. The van der Waals surface area contributed by atoms with Gasteiger partial charge in [-0.2, -0.15) is 9.97 Å². The van der Waals surface area contributed by atoms with E-state index in [2.05, 4.69) is 15.3 Å². The van der Waals surface area contributed by atoms with E-state index in [9.17, 15) is 0 Å². The molecule has 2 N–H and O–H groups in total. The molecule has 0 radical (unpaired) electrons. The van der Waals surface area contributed by atoms with Crippen LogP contribution in [0.4, 0.5) is 5.82 Å². The second-order valence-electron chi connectivity index (χ2n) is 5.98. The second kappa shape index (κ2) is 7.85. The molecule has 1 aliphatic rings. The van der Waals surface area contributed by atoms with Gasteiger partial charge in [0.2, 0.25) is 6.79 Å². The van der Waals surface area contributed by atoms with Gasteiger partial charge in [0.15, 0.2) is 11.5 Å². The molecule has 0 spiro atoms. The van der Waals surface area contributed by atoms with E-state index in [1.807, 2.05) is 30.3 Å². The maximum absolute atomic E-state index is 8.91. The van der Waals surface area contributed by atoms with Crippen molar-refractivity contribution in [1.29, 1.82) is 0 Å². The maximum atomic E-state index is 8.91. The number of aliphatic hydroxyl groups excluding tert-OH is 1. The average molecular weight is 388 g/mol. The van der Waals surface area contributed by atoms with E-state index in [0.29, 0.717) is 30.4 Å². The highest BCUT2D eigenvalue weighted by atomic mass is 35.5. The Bertz CT molecular complexity index is 967. The summed E-state index contributed by atoms with van der Waals surface area (Å²) < 4.78 is 16.3. The fourth-order valence-corrected chi connectivity index (χ4v) is 2.92. The molecule has 27 heavy (non-hydrogen) atoms. The van der Waals surface area contributed by atoms with Gasteiger partial charge in [-0.25, -0.2) is 0 Å². The van der Waals surface area contributed by atoms with Crippen molar-refractivity contribution in [2.24, 2.45) is 0 Å². The summed E-state index contributed by atoms with van der Waals surface area (Å²) in [5, 5.41) is 13.6. The molecule has 140 valence electrons. The van der Waals surface area contributed by atoms with Gasteiger partial charge >= 0.3 is 6.01 Å². The first kappa shape index (κ1) is 17.6. The lowest BCUT2D eigenvalue weighted by atomic mass is 10.2. The van der Waals surface area contributed by atoms with Crippen LogP contribution >= 0.6 is 11.6 Å². The molecule has 0 unspecified atom stereocenters. The molecule has 0 fully saturated rings. The van der Waals surface area contributed by atoms with Crippen molar-refractivity contribution < 1.29 is 19.3 Å². The van der Waals surface area contributed by atoms with E-state index in [4.69, 9.17) is 30.9 Å². The van der Waals surface area contributed by atoms with Gasteiger partial charge in [0.05, 0.1) is 12.1 Å². The van der Waals surface area contributed by atoms with Crippen LogP contribution in [0.25, 0.3) is 10.9 Å².